The molecule has 5 nitrogen and oxygen atoms in total. The zero-order valence-electron chi connectivity index (χ0n) is 16.4. The Labute approximate surface area is 163 Å². The van der Waals surface area contributed by atoms with Crippen molar-refractivity contribution < 1.29 is 13.2 Å². The molecule has 1 aliphatic carbocycles. The molecule has 2 fully saturated rings. The zero-order chi connectivity index (χ0) is 19.3. The number of benzene rings is 1. The van der Waals surface area contributed by atoms with Crippen molar-refractivity contribution in [1.82, 2.24) is 9.21 Å². The van der Waals surface area contributed by atoms with Gasteiger partial charge in [-0.25, -0.2) is 8.42 Å². The molecule has 0 bridgehead atoms. The van der Waals surface area contributed by atoms with Crippen LogP contribution in [0, 0.1) is 0 Å². The molecule has 1 saturated carbocycles. The first-order chi connectivity index (χ1) is 13.0. The molecule has 0 N–H and O–H groups in total. The number of piperidine rings is 1. The second-order valence-electron chi connectivity index (χ2n) is 7.73. The molecule has 2 aliphatic rings. The van der Waals surface area contributed by atoms with E-state index in [0.717, 1.165) is 44.2 Å². The minimum absolute atomic E-state index is 0.217. The Morgan fingerprint density at radius 2 is 1.67 bits per heavy atom. The number of hydrogen-bond acceptors (Lipinski definition) is 3. The number of hydrogen-bond donors (Lipinski definition) is 0. The summed E-state index contributed by atoms with van der Waals surface area (Å²) in [4.78, 5) is 15.0. The van der Waals surface area contributed by atoms with Crippen molar-refractivity contribution in [3.05, 3.63) is 29.8 Å². The van der Waals surface area contributed by atoms with Crippen LogP contribution in [0.5, 0.6) is 0 Å². The van der Waals surface area contributed by atoms with Gasteiger partial charge in [-0.15, -0.1) is 0 Å². The third-order valence-corrected chi connectivity index (χ3v) is 7.84. The van der Waals surface area contributed by atoms with E-state index in [1.54, 1.807) is 16.4 Å². The summed E-state index contributed by atoms with van der Waals surface area (Å²) in [6.07, 6.45) is 8.83. The van der Waals surface area contributed by atoms with Gasteiger partial charge in [0.2, 0.25) is 15.9 Å². The normalized spacial score (nSPS) is 19.3. The lowest BCUT2D eigenvalue weighted by molar-refractivity contribution is -0.133. The molecule has 1 aliphatic heterocycles. The van der Waals surface area contributed by atoms with Gasteiger partial charge in [0.15, 0.2) is 0 Å². The average molecular weight is 393 g/mol. The van der Waals surface area contributed by atoms with Crippen molar-refractivity contribution in [3.8, 4) is 0 Å². The Bertz CT molecular complexity index is 718. The van der Waals surface area contributed by atoms with Gasteiger partial charge in [0, 0.05) is 32.1 Å². The Morgan fingerprint density at radius 1 is 1.04 bits per heavy atom. The highest BCUT2D eigenvalue weighted by molar-refractivity contribution is 7.89. The van der Waals surface area contributed by atoms with E-state index in [-0.39, 0.29) is 5.91 Å². The summed E-state index contributed by atoms with van der Waals surface area (Å²) < 4.78 is 27.0. The molecule has 0 unspecified atom stereocenters. The molecule has 0 atom stereocenters. The lowest BCUT2D eigenvalue weighted by Gasteiger charge is -2.27. The van der Waals surface area contributed by atoms with Crippen LogP contribution in [0.2, 0.25) is 0 Å². The van der Waals surface area contributed by atoms with E-state index >= 15 is 0 Å². The molecule has 1 heterocycles. The number of amides is 1. The van der Waals surface area contributed by atoms with Crippen molar-refractivity contribution in [2.45, 2.75) is 75.6 Å². The molecule has 3 rings (SSSR count). The number of carbonyl (C=O) groups is 1. The standard InChI is InChI=1S/C21H32N2O3S/c1-2-23(19-8-4-5-9-19)21(24)15-12-18-10-13-20(14-11-18)27(25,26)22-16-6-3-7-17-22/h10-11,13-14,19H,2-9,12,15-17H2,1H3. The van der Waals surface area contributed by atoms with E-state index in [4.69, 9.17) is 0 Å². The average Bonchev–Trinajstić information content (AvgIpc) is 3.22. The third-order valence-electron chi connectivity index (χ3n) is 5.93. The highest BCUT2D eigenvalue weighted by atomic mass is 32.2. The lowest BCUT2D eigenvalue weighted by Crippen LogP contribution is -2.38. The van der Waals surface area contributed by atoms with Crippen LogP contribution in [0.1, 0.15) is 63.9 Å². The van der Waals surface area contributed by atoms with Gasteiger partial charge in [0.05, 0.1) is 4.90 Å². The second kappa shape index (κ2) is 9.20. The molecule has 1 aromatic rings. The SMILES string of the molecule is CCN(C(=O)CCc1ccc(S(=O)(=O)N2CCCCC2)cc1)C1CCCC1. The summed E-state index contributed by atoms with van der Waals surface area (Å²) >= 11 is 0. The van der Waals surface area contributed by atoms with Crippen molar-refractivity contribution in [3.63, 3.8) is 0 Å². The van der Waals surface area contributed by atoms with Crippen molar-refractivity contribution in [2.75, 3.05) is 19.6 Å². The smallest absolute Gasteiger partial charge is 0.243 e. The van der Waals surface area contributed by atoms with Gasteiger partial charge >= 0.3 is 0 Å². The Balaban J connectivity index is 1.58. The van der Waals surface area contributed by atoms with Gasteiger partial charge < -0.3 is 4.90 Å². The lowest BCUT2D eigenvalue weighted by atomic mass is 10.1. The summed E-state index contributed by atoms with van der Waals surface area (Å²) in [7, 11) is -3.38. The minimum Gasteiger partial charge on any atom is -0.340 e. The predicted molar refractivity (Wildman–Crippen MR) is 107 cm³/mol. The Morgan fingerprint density at radius 3 is 2.26 bits per heavy atom. The maximum Gasteiger partial charge on any atom is 0.243 e. The molecule has 6 heteroatoms. The molecular weight excluding hydrogens is 360 g/mol. The van der Waals surface area contributed by atoms with E-state index in [9.17, 15) is 13.2 Å². The van der Waals surface area contributed by atoms with Gasteiger partial charge in [0.25, 0.3) is 0 Å². The Hall–Kier alpha value is -1.40. The van der Waals surface area contributed by atoms with E-state index in [1.165, 1.54) is 12.8 Å². The minimum atomic E-state index is -3.38. The van der Waals surface area contributed by atoms with Crippen LogP contribution < -0.4 is 0 Å². The van der Waals surface area contributed by atoms with Crippen LogP contribution >= 0.6 is 0 Å². The Kier molecular flexibility index (Phi) is 6.93. The fourth-order valence-electron chi connectivity index (χ4n) is 4.33. The van der Waals surface area contributed by atoms with Gasteiger partial charge in [-0.3, -0.25) is 4.79 Å². The first-order valence-corrected chi connectivity index (χ1v) is 11.8. The van der Waals surface area contributed by atoms with E-state index < -0.39 is 10.0 Å². The van der Waals surface area contributed by atoms with Crippen LogP contribution in [-0.4, -0.2) is 49.2 Å². The maximum atomic E-state index is 12.7. The first-order valence-electron chi connectivity index (χ1n) is 10.4. The third kappa shape index (κ3) is 4.91. The molecule has 0 spiro atoms. The number of sulfonamides is 1. The predicted octanol–water partition coefficient (Wildman–Crippen LogP) is 3.58. The van der Waals surface area contributed by atoms with Crippen LogP contribution in [0.3, 0.4) is 0 Å². The second-order valence-corrected chi connectivity index (χ2v) is 9.66. The largest absolute Gasteiger partial charge is 0.340 e. The molecular formula is C21H32N2O3S. The maximum absolute atomic E-state index is 12.7. The van der Waals surface area contributed by atoms with Crippen LogP contribution in [0.4, 0.5) is 0 Å². The quantitative estimate of drug-likeness (QED) is 0.713. The van der Waals surface area contributed by atoms with Gasteiger partial charge in [-0.1, -0.05) is 31.4 Å². The van der Waals surface area contributed by atoms with Gasteiger partial charge in [-0.2, -0.15) is 4.31 Å². The van der Waals surface area contributed by atoms with E-state index in [0.29, 0.717) is 36.9 Å². The number of rotatable bonds is 7. The van der Waals surface area contributed by atoms with Gasteiger partial charge in [0.1, 0.15) is 0 Å². The molecule has 1 amide bonds. The fraction of sp³-hybridized carbons (Fsp3) is 0.667. The monoisotopic (exact) mass is 392 g/mol. The molecule has 0 radical (unpaired) electrons. The van der Waals surface area contributed by atoms with E-state index in [1.807, 2.05) is 17.0 Å². The number of aryl methyl sites for hydroxylation is 1. The van der Waals surface area contributed by atoms with Crippen LogP contribution in [0.25, 0.3) is 0 Å². The number of carbonyl (C=O) groups excluding carboxylic acids is 1. The molecule has 1 aromatic carbocycles. The van der Waals surface area contributed by atoms with Crippen molar-refractivity contribution >= 4 is 15.9 Å². The summed E-state index contributed by atoms with van der Waals surface area (Å²) in [6.45, 7) is 4.06. The van der Waals surface area contributed by atoms with Crippen molar-refractivity contribution in [1.29, 1.82) is 0 Å². The summed E-state index contributed by atoms with van der Waals surface area (Å²) in [5.41, 5.74) is 1.02. The zero-order valence-corrected chi connectivity index (χ0v) is 17.2. The van der Waals surface area contributed by atoms with E-state index in [2.05, 4.69) is 6.92 Å². The van der Waals surface area contributed by atoms with Crippen LogP contribution in [-0.2, 0) is 21.2 Å². The highest BCUT2D eigenvalue weighted by Crippen LogP contribution is 2.24. The summed E-state index contributed by atoms with van der Waals surface area (Å²) in [6, 6.07) is 7.52. The molecule has 0 aromatic heterocycles. The van der Waals surface area contributed by atoms with Crippen molar-refractivity contribution in [2.24, 2.45) is 0 Å². The van der Waals surface area contributed by atoms with Crippen LogP contribution in [0.15, 0.2) is 29.2 Å². The molecule has 1 saturated heterocycles. The molecule has 27 heavy (non-hydrogen) atoms. The van der Waals surface area contributed by atoms with Gasteiger partial charge in [-0.05, 0) is 56.7 Å². The summed E-state index contributed by atoms with van der Waals surface area (Å²) in [5, 5.41) is 0. The summed E-state index contributed by atoms with van der Waals surface area (Å²) in [5.74, 6) is 0.217. The first kappa shape index (κ1) is 20.3. The topological polar surface area (TPSA) is 57.7 Å². The highest BCUT2D eigenvalue weighted by Gasteiger charge is 2.26. The number of nitrogens with zero attached hydrogens (tertiary/aromatic N) is 2. The molecule has 150 valence electrons. The fourth-order valence-corrected chi connectivity index (χ4v) is 5.85.